The molecular weight excluding hydrogens is 350 g/mol. The molecule has 26 heavy (non-hydrogen) atoms. The van der Waals surface area contributed by atoms with E-state index in [0.717, 1.165) is 34.9 Å². The van der Waals surface area contributed by atoms with E-state index in [0.29, 0.717) is 11.7 Å². The summed E-state index contributed by atoms with van der Waals surface area (Å²) in [5.74, 6) is 1.90. The van der Waals surface area contributed by atoms with Gasteiger partial charge in [-0.3, -0.25) is 9.20 Å². The van der Waals surface area contributed by atoms with Crippen LogP contribution in [0.2, 0.25) is 0 Å². The number of amides is 1. The smallest absolute Gasteiger partial charge is 0.230 e. The molecular formula is C18H21N5O2S. The second kappa shape index (κ2) is 8.18. The van der Waals surface area contributed by atoms with Crippen LogP contribution in [0, 0.1) is 13.8 Å². The number of thioether (sulfide) groups is 1. The number of ether oxygens (including phenoxy) is 1. The van der Waals surface area contributed by atoms with Gasteiger partial charge in [-0.1, -0.05) is 23.9 Å². The average Bonchev–Trinajstić information content (AvgIpc) is 3.03. The molecule has 136 valence electrons. The van der Waals surface area contributed by atoms with Gasteiger partial charge >= 0.3 is 0 Å². The Morgan fingerprint density at radius 1 is 1.23 bits per heavy atom. The maximum atomic E-state index is 12.1. The average molecular weight is 371 g/mol. The molecule has 0 aliphatic heterocycles. The molecule has 0 saturated heterocycles. The molecule has 7 nitrogen and oxygen atoms in total. The van der Waals surface area contributed by atoms with Crippen LogP contribution in [0.15, 0.2) is 35.5 Å². The Bertz CT molecular complexity index is 908. The number of aromatic nitrogens is 4. The topological polar surface area (TPSA) is 81.4 Å². The van der Waals surface area contributed by atoms with E-state index in [1.54, 1.807) is 7.11 Å². The van der Waals surface area contributed by atoms with E-state index < -0.39 is 0 Å². The zero-order valence-corrected chi connectivity index (χ0v) is 15.8. The highest BCUT2D eigenvalue weighted by Gasteiger charge is 2.12. The minimum Gasteiger partial charge on any atom is -0.497 e. The van der Waals surface area contributed by atoms with Gasteiger partial charge in [0.1, 0.15) is 11.6 Å². The third kappa shape index (κ3) is 4.32. The third-order valence-corrected chi connectivity index (χ3v) is 4.81. The molecule has 1 aromatic carbocycles. The molecule has 1 amide bonds. The van der Waals surface area contributed by atoms with Gasteiger partial charge in [0.2, 0.25) is 5.91 Å². The molecule has 0 aliphatic carbocycles. The number of nitrogens with one attached hydrogen (secondary N) is 1. The summed E-state index contributed by atoms with van der Waals surface area (Å²) in [4.78, 5) is 16.5. The molecule has 0 atom stereocenters. The van der Waals surface area contributed by atoms with Crippen LogP contribution in [-0.2, 0) is 11.2 Å². The summed E-state index contributed by atoms with van der Waals surface area (Å²) in [6.07, 6.45) is 0.774. The maximum Gasteiger partial charge on any atom is 0.230 e. The molecule has 3 rings (SSSR count). The van der Waals surface area contributed by atoms with Crippen LogP contribution in [0.1, 0.15) is 17.1 Å². The quantitative estimate of drug-likeness (QED) is 0.641. The van der Waals surface area contributed by atoms with Crippen LogP contribution in [0.25, 0.3) is 5.65 Å². The van der Waals surface area contributed by atoms with E-state index in [1.807, 2.05) is 48.6 Å². The lowest BCUT2D eigenvalue weighted by atomic mass is 10.1. The molecule has 0 radical (unpaired) electrons. The first-order chi connectivity index (χ1) is 12.6. The first-order valence-corrected chi connectivity index (χ1v) is 9.27. The van der Waals surface area contributed by atoms with Crippen molar-refractivity contribution in [3.63, 3.8) is 0 Å². The van der Waals surface area contributed by atoms with Gasteiger partial charge in [-0.15, -0.1) is 10.2 Å². The zero-order chi connectivity index (χ0) is 18.5. The molecule has 0 aliphatic rings. The Labute approximate surface area is 156 Å². The maximum absolute atomic E-state index is 12.1. The molecule has 0 spiro atoms. The van der Waals surface area contributed by atoms with Crippen molar-refractivity contribution in [2.75, 3.05) is 19.4 Å². The number of hydrogen-bond donors (Lipinski definition) is 1. The van der Waals surface area contributed by atoms with Crippen molar-refractivity contribution in [3.8, 4) is 5.75 Å². The van der Waals surface area contributed by atoms with Crippen molar-refractivity contribution in [1.82, 2.24) is 24.9 Å². The molecule has 3 aromatic rings. The van der Waals surface area contributed by atoms with Crippen molar-refractivity contribution in [2.45, 2.75) is 25.4 Å². The van der Waals surface area contributed by atoms with Crippen LogP contribution in [0.4, 0.5) is 0 Å². The summed E-state index contributed by atoms with van der Waals surface area (Å²) in [6.45, 7) is 4.42. The molecule has 0 saturated carbocycles. The van der Waals surface area contributed by atoms with E-state index in [2.05, 4.69) is 20.5 Å². The van der Waals surface area contributed by atoms with Gasteiger partial charge in [-0.2, -0.15) is 0 Å². The number of benzene rings is 1. The fourth-order valence-electron chi connectivity index (χ4n) is 2.62. The van der Waals surface area contributed by atoms with Crippen LogP contribution >= 0.6 is 11.8 Å². The van der Waals surface area contributed by atoms with Gasteiger partial charge in [-0.05, 0) is 38.0 Å². The van der Waals surface area contributed by atoms with Crippen LogP contribution in [0.5, 0.6) is 5.75 Å². The van der Waals surface area contributed by atoms with Crippen molar-refractivity contribution in [2.24, 2.45) is 0 Å². The third-order valence-electron chi connectivity index (χ3n) is 3.89. The normalized spacial score (nSPS) is 10.9. The Kier molecular flexibility index (Phi) is 5.72. The summed E-state index contributed by atoms with van der Waals surface area (Å²) in [7, 11) is 1.64. The lowest BCUT2D eigenvalue weighted by Crippen LogP contribution is -2.27. The first kappa shape index (κ1) is 18.2. The number of carbonyl (C=O) groups is 1. The van der Waals surface area contributed by atoms with E-state index in [-0.39, 0.29) is 11.7 Å². The van der Waals surface area contributed by atoms with Crippen molar-refractivity contribution >= 4 is 23.3 Å². The minimum atomic E-state index is -0.0296. The molecule has 0 bridgehead atoms. The monoisotopic (exact) mass is 371 g/mol. The number of hydrogen-bond acceptors (Lipinski definition) is 6. The lowest BCUT2D eigenvalue weighted by Gasteiger charge is -2.06. The highest BCUT2D eigenvalue weighted by atomic mass is 32.2. The summed E-state index contributed by atoms with van der Waals surface area (Å²) in [5, 5.41) is 11.9. The lowest BCUT2D eigenvalue weighted by molar-refractivity contribution is -0.118. The van der Waals surface area contributed by atoms with Gasteiger partial charge in [0.25, 0.3) is 0 Å². The van der Waals surface area contributed by atoms with Gasteiger partial charge in [-0.25, -0.2) is 4.98 Å². The van der Waals surface area contributed by atoms with Gasteiger partial charge in [0, 0.05) is 18.3 Å². The van der Waals surface area contributed by atoms with Crippen LogP contribution in [-0.4, -0.2) is 44.9 Å². The SMILES string of the molecule is COc1ccc(CCNC(=O)CSc2nnc3cc(C)nc(C)n23)cc1. The highest BCUT2D eigenvalue weighted by Crippen LogP contribution is 2.18. The van der Waals surface area contributed by atoms with E-state index in [9.17, 15) is 4.79 Å². The molecule has 8 heteroatoms. The summed E-state index contributed by atoms with van der Waals surface area (Å²) >= 11 is 1.36. The van der Waals surface area contributed by atoms with Crippen molar-refractivity contribution < 1.29 is 9.53 Å². The zero-order valence-electron chi connectivity index (χ0n) is 15.0. The molecule has 2 heterocycles. The van der Waals surface area contributed by atoms with Crippen LogP contribution < -0.4 is 10.1 Å². The number of carbonyl (C=O) groups excluding carboxylic acids is 1. The Morgan fingerprint density at radius 2 is 2.00 bits per heavy atom. The minimum absolute atomic E-state index is 0.0296. The molecule has 0 fully saturated rings. The van der Waals surface area contributed by atoms with Gasteiger partial charge in [0.15, 0.2) is 10.8 Å². The van der Waals surface area contributed by atoms with Gasteiger partial charge in [0.05, 0.1) is 12.9 Å². The fraction of sp³-hybridized carbons (Fsp3) is 0.333. The van der Waals surface area contributed by atoms with Crippen molar-refractivity contribution in [3.05, 3.63) is 47.4 Å². The van der Waals surface area contributed by atoms with E-state index in [4.69, 9.17) is 4.74 Å². The Morgan fingerprint density at radius 3 is 2.73 bits per heavy atom. The predicted octanol–water partition coefficient (Wildman–Crippen LogP) is 2.20. The van der Waals surface area contributed by atoms with E-state index >= 15 is 0 Å². The van der Waals surface area contributed by atoms with E-state index in [1.165, 1.54) is 11.8 Å². The Hall–Kier alpha value is -2.61. The second-order valence-corrected chi connectivity index (χ2v) is 6.80. The fourth-order valence-corrected chi connectivity index (χ4v) is 3.43. The Balaban J connectivity index is 1.50. The number of fused-ring (bicyclic) bond motifs is 1. The standard InChI is InChI=1S/C18H21N5O2S/c1-12-10-16-21-22-18(23(16)13(2)20-12)26-11-17(24)19-9-8-14-4-6-15(25-3)7-5-14/h4-7,10H,8-9,11H2,1-3H3,(H,19,24). The number of rotatable bonds is 7. The summed E-state index contributed by atoms with van der Waals surface area (Å²) < 4.78 is 7.00. The second-order valence-electron chi connectivity index (χ2n) is 5.86. The number of aryl methyl sites for hydroxylation is 2. The first-order valence-electron chi connectivity index (χ1n) is 8.28. The number of nitrogens with zero attached hydrogens (tertiary/aromatic N) is 4. The summed E-state index contributed by atoms with van der Waals surface area (Å²) in [5.41, 5.74) is 2.80. The van der Waals surface area contributed by atoms with Crippen molar-refractivity contribution in [1.29, 1.82) is 0 Å². The highest BCUT2D eigenvalue weighted by molar-refractivity contribution is 7.99. The van der Waals surface area contributed by atoms with Crippen LogP contribution in [0.3, 0.4) is 0 Å². The summed E-state index contributed by atoms with van der Waals surface area (Å²) in [6, 6.07) is 9.71. The molecule has 2 aromatic heterocycles. The largest absolute Gasteiger partial charge is 0.497 e. The molecule has 0 unspecified atom stereocenters. The van der Waals surface area contributed by atoms with Gasteiger partial charge < -0.3 is 10.1 Å². The number of methoxy groups -OCH3 is 1. The molecule has 1 N–H and O–H groups in total. The predicted molar refractivity (Wildman–Crippen MR) is 101 cm³/mol.